The summed E-state index contributed by atoms with van der Waals surface area (Å²) in [4.78, 5) is 0.617. The zero-order valence-corrected chi connectivity index (χ0v) is 23.2. The Morgan fingerprint density at radius 1 is 0.583 bits per heavy atom. The van der Waals surface area contributed by atoms with Gasteiger partial charge in [-0.05, 0) is 48.8 Å². The van der Waals surface area contributed by atoms with Gasteiger partial charge in [0.25, 0.3) is 0 Å². The molecule has 0 aromatic carbocycles. The van der Waals surface area contributed by atoms with Crippen LogP contribution < -0.4 is 9.25 Å². The van der Waals surface area contributed by atoms with Gasteiger partial charge in [-0.15, -0.1) is 4.41 Å². The predicted molar refractivity (Wildman–Crippen MR) is 128 cm³/mol. The van der Waals surface area contributed by atoms with E-state index in [1.165, 1.54) is 0 Å². The molecule has 0 saturated heterocycles. The average Bonchev–Trinajstić information content (AvgIpc) is 2.76. The highest BCUT2D eigenvalue weighted by molar-refractivity contribution is 7.91. The van der Waals surface area contributed by atoms with E-state index in [2.05, 4.69) is 20.8 Å². The highest BCUT2D eigenvalue weighted by atomic mass is 32.2. The Kier molecular flexibility index (Phi) is 15.5. The van der Waals surface area contributed by atoms with Crippen molar-refractivity contribution in [3.63, 3.8) is 0 Å². The van der Waals surface area contributed by atoms with Gasteiger partial charge in [0.05, 0.1) is 0 Å². The fourth-order valence-corrected chi connectivity index (χ4v) is 6.29. The number of nitrogens with one attached hydrogen (secondary N) is 2. The molecule has 0 bridgehead atoms. The standard InChI is InChI=1S/C22H42F6N2O4S2/c1-4-7-15-20(16-8-5-2,17-9-6-3)18-13-11-10-12-14-19-30(36(33,34)22(26,27)28)29-35(31,32)21(23,24)25/h29H,4-19H2,1-3H3/p+1. The largest absolute Gasteiger partial charge is 0.551 e. The van der Waals surface area contributed by atoms with Crippen molar-refractivity contribution in [2.24, 2.45) is 5.41 Å². The Bertz CT molecular complexity index is 794. The molecule has 1 atom stereocenters. The molecule has 0 aromatic heterocycles. The number of quaternary nitrogens is 1. The summed E-state index contributed by atoms with van der Waals surface area (Å²) >= 11 is 0. The van der Waals surface area contributed by atoms with E-state index in [9.17, 15) is 43.2 Å². The van der Waals surface area contributed by atoms with Crippen LogP contribution in [0.4, 0.5) is 26.3 Å². The van der Waals surface area contributed by atoms with Crippen LogP contribution in [0.1, 0.15) is 117 Å². The van der Waals surface area contributed by atoms with Crippen molar-refractivity contribution >= 4 is 20.0 Å². The quantitative estimate of drug-likeness (QED) is 0.106. The first-order valence-electron chi connectivity index (χ1n) is 12.8. The second kappa shape index (κ2) is 15.7. The molecule has 0 radical (unpaired) electrons. The molecular formula is C22H43F6N2O4S2+. The summed E-state index contributed by atoms with van der Waals surface area (Å²) in [6, 6.07) is 0. The molecule has 0 fully saturated rings. The zero-order valence-electron chi connectivity index (χ0n) is 21.5. The topological polar surface area (TPSA) is 84.8 Å². The summed E-state index contributed by atoms with van der Waals surface area (Å²) in [5.41, 5.74) is -11.6. The highest BCUT2D eigenvalue weighted by Crippen LogP contribution is 2.41. The van der Waals surface area contributed by atoms with Gasteiger partial charge >= 0.3 is 31.1 Å². The third kappa shape index (κ3) is 11.8. The minimum absolute atomic E-state index is 0.197. The van der Waals surface area contributed by atoms with E-state index < -0.39 is 42.0 Å². The van der Waals surface area contributed by atoms with Crippen molar-refractivity contribution in [1.29, 1.82) is 0 Å². The van der Waals surface area contributed by atoms with Crippen molar-refractivity contribution in [3.8, 4) is 0 Å². The van der Waals surface area contributed by atoms with E-state index >= 15 is 0 Å². The van der Waals surface area contributed by atoms with Crippen LogP contribution in [0.15, 0.2) is 0 Å². The monoisotopic (exact) mass is 577 g/mol. The first-order valence-corrected chi connectivity index (χ1v) is 15.7. The lowest BCUT2D eigenvalue weighted by Crippen LogP contribution is -3.22. The molecule has 0 heterocycles. The van der Waals surface area contributed by atoms with E-state index in [1.807, 2.05) is 0 Å². The van der Waals surface area contributed by atoms with Crippen LogP contribution in [-0.2, 0) is 20.0 Å². The summed E-state index contributed by atoms with van der Waals surface area (Å²) < 4.78 is 120. The molecule has 0 aliphatic rings. The van der Waals surface area contributed by atoms with Crippen molar-refractivity contribution in [2.75, 3.05) is 6.54 Å². The Morgan fingerprint density at radius 3 is 1.36 bits per heavy atom. The second-order valence-corrected chi connectivity index (χ2v) is 13.1. The van der Waals surface area contributed by atoms with Gasteiger partial charge in [-0.25, -0.2) is 0 Å². The smallest absolute Gasteiger partial charge is 0.198 e. The number of sulfonamides is 2. The molecule has 0 aliphatic heterocycles. The first-order chi connectivity index (χ1) is 16.5. The molecule has 0 spiro atoms. The summed E-state index contributed by atoms with van der Waals surface area (Å²) in [6.45, 7) is 5.49. The number of hydrogen-bond acceptors (Lipinski definition) is 4. The zero-order chi connectivity index (χ0) is 28.1. The minimum atomic E-state index is -6.30. The molecule has 1 unspecified atom stereocenters. The highest BCUT2D eigenvalue weighted by Gasteiger charge is 2.58. The molecule has 0 saturated carbocycles. The lowest BCUT2D eigenvalue weighted by molar-refractivity contribution is -0.805. The molecule has 0 rings (SSSR count). The van der Waals surface area contributed by atoms with Gasteiger partial charge in [-0.2, -0.15) is 43.2 Å². The number of alkyl halides is 6. The summed E-state index contributed by atoms with van der Waals surface area (Å²) in [5.74, 6) is 0. The molecule has 6 nitrogen and oxygen atoms in total. The number of unbranched alkanes of at least 4 members (excludes halogenated alkanes) is 7. The Labute approximate surface area is 212 Å². The maximum atomic E-state index is 12.9. The lowest BCUT2D eigenvalue weighted by Gasteiger charge is -2.35. The van der Waals surface area contributed by atoms with Crippen molar-refractivity contribution in [3.05, 3.63) is 0 Å². The van der Waals surface area contributed by atoms with Crippen LogP contribution in [0.3, 0.4) is 0 Å². The van der Waals surface area contributed by atoms with Gasteiger partial charge in [0.2, 0.25) is 0 Å². The maximum absolute atomic E-state index is 12.9. The molecule has 0 aromatic rings. The fourth-order valence-electron chi connectivity index (χ4n) is 4.31. The van der Waals surface area contributed by atoms with Crippen molar-refractivity contribution in [1.82, 2.24) is 4.83 Å². The van der Waals surface area contributed by atoms with Gasteiger partial charge in [-0.1, -0.05) is 78.6 Å². The summed E-state index contributed by atoms with van der Waals surface area (Å²) in [5, 5.41) is 0. The number of rotatable bonds is 20. The van der Waals surface area contributed by atoms with E-state index in [0.717, 1.165) is 77.0 Å². The average molecular weight is 578 g/mol. The van der Waals surface area contributed by atoms with E-state index in [4.69, 9.17) is 0 Å². The first kappa shape index (κ1) is 35.4. The van der Waals surface area contributed by atoms with Crippen LogP contribution in [0.5, 0.6) is 0 Å². The molecule has 36 heavy (non-hydrogen) atoms. The molecule has 0 aliphatic carbocycles. The van der Waals surface area contributed by atoms with Gasteiger partial charge in [0.1, 0.15) is 6.54 Å². The van der Waals surface area contributed by atoms with Gasteiger partial charge < -0.3 is 0 Å². The Morgan fingerprint density at radius 2 is 0.972 bits per heavy atom. The molecule has 218 valence electrons. The normalized spacial score (nSPS) is 14.8. The summed E-state index contributed by atoms with van der Waals surface area (Å²) in [7, 11) is -12.5. The second-order valence-electron chi connectivity index (χ2n) is 9.50. The SMILES string of the molecule is CCCCC(CCCC)(CCCC)CCCCCCC[NH+](NS(=O)(=O)C(F)(F)F)S(=O)(=O)C(F)(F)F. The molecular weight excluding hydrogens is 534 g/mol. The Balaban J connectivity index is 5.01. The Hall–Kier alpha value is -0.600. The van der Waals surface area contributed by atoms with E-state index in [-0.39, 0.29) is 18.3 Å². The third-order valence-corrected chi connectivity index (χ3v) is 9.29. The molecule has 0 amide bonds. The van der Waals surface area contributed by atoms with Crippen molar-refractivity contribution in [2.45, 2.75) is 128 Å². The van der Waals surface area contributed by atoms with Crippen LogP contribution in [0, 0.1) is 5.41 Å². The fraction of sp³-hybridized carbons (Fsp3) is 1.00. The van der Waals surface area contributed by atoms with Crippen LogP contribution in [0.25, 0.3) is 0 Å². The number of hydrogen-bond donors (Lipinski definition) is 2. The van der Waals surface area contributed by atoms with E-state index in [0.29, 0.717) is 11.3 Å². The minimum Gasteiger partial charge on any atom is -0.198 e. The predicted octanol–water partition coefficient (Wildman–Crippen LogP) is 5.97. The van der Waals surface area contributed by atoms with Gasteiger partial charge in [0, 0.05) is 0 Å². The van der Waals surface area contributed by atoms with Gasteiger partial charge in [-0.3, -0.25) is 0 Å². The van der Waals surface area contributed by atoms with Crippen LogP contribution in [0.2, 0.25) is 0 Å². The molecule has 2 N–H and O–H groups in total. The number of halogens is 6. The molecule has 14 heteroatoms. The van der Waals surface area contributed by atoms with Gasteiger partial charge in [0.15, 0.2) is 0 Å². The van der Waals surface area contributed by atoms with Crippen molar-refractivity contribution < 1.29 is 47.6 Å². The summed E-state index contributed by atoms with van der Waals surface area (Å²) in [6.07, 6.45) is 13.5. The lowest BCUT2D eigenvalue weighted by atomic mass is 9.71. The maximum Gasteiger partial charge on any atom is 0.551 e. The van der Waals surface area contributed by atoms with Crippen LogP contribution in [-0.4, -0.2) is 34.4 Å². The van der Waals surface area contributed by atoms with Crippen LogP contribution >= 0.6 is 0 Å². The van der Waals surface area contributed by atoms with E-state index in [1.54, 1.807) is 0 Å². The third-order valence-electron chi connectivity index (χ3n) is 6.47.